The van der Waals surface area contributed by atoms with Gasteiger partial charge < -0.3 is 29.2 Å². The van der Waals surface area contributed by atoms with Crippen molar-refractivity contribution in [2.75, 3.05) is 26.6 Å². The highest BCUT2D eigenvalue weighted by Crippen LogP contribution is 2.39. The number of pyridine rings is 2. The second-order valence-electron chi connectivity index (χ2n) is 10.5. The first kappa shape index (κ1) is 27.2. The molecule has 0 fully saturated rings. The Balaban J connectivity index is 1.65. The minimum atomic E-state index is -0.299. The van der Waals surface area contributed by atoms with E-state index in [4.69, 9.17) is 9.47 Å². The predicted molar refractivity (Wildman–Crippen MR) is 153 cm³/mol. The zero-order chi connectivity index (χ0) is 27.9. The molecule has 10 heteroatoms. The average Bonchev–Trinajstić information content (AvgIpc) is 3.41. The fourth-order valence-electron chi connectivity index (χ4n) is 4.98. The smallest absolute Gasteiger partial charge is 0.259 e. The highest BCUT2D eigenvalue weighted by molar-refractivity contribution is 7.99. The number of thioether (sulfide) groups is 1. The molecule has 39 heavy (non-hydrogen) atoms. The first-order valence-electron chi connectivity index (χ1n) is 12.9. The molecular formula is C29H33N3O6S. The molecule has 3 heterocycles. The summed E-state index contributed by atoms with van der Waals surface area (Å²) in [4.78, 5) is 33.2. The van der Waals surface area contributed by atoms with Crippen molar-refractivity contribution in [1.82, 2.24) is 14.5 Å². The molecule has 0 saturated carbocycles. The van der Waals surface area contributed by atoms with Crippen LogP contribution in [0.3, 0.4) is 0 Å². The average molecular weight is 552 g/mol. The lowest BCUT2D eigenvalue weighted by Crippen LogP contribution is -2.34. The minimum absolute atomic E-state index is 0.0117. The maximum absolute atomic E-state index is 14.0. The second kappa shape index (κ2) is 10.7. The van der Waals surface area contributed by atoms with Crippen molar-refractivity contribution in [2.24, 2.45) is 0 Å². The van der Waals surface area contributed by atoms with Crippen LogP contribution in [0.2, 0.25) is 0 Å². The molecule has 0 unspecified atom stereocenters. The number of carbonyl (C=O) groups excluding carboxylic acids is 1. The lowest BCUT2D eigenvalue weighted by Gasteiger charge is -2.24. The number of fused-ring (bicyclic) bond motifs is 6. The molecule has 4 aromatic rings. The number of ether oxygens (including phenoxy) is 2. The van der Waals surface area contributed by atoms with Crippen LogP contribution in [0.1, 0.15) is 37.8 Å². The number of nitrogens with zero attached hydrogens (tertiary/aromatic N) is 3. The molecule has 0 aliphatic carbocycles. The van der Waals surface area contributed by atoms with Gasteiger partial charge in [0.05, 0.1) is 24.2 Å². The van der Waals surface area contributed by atoms with E-state index in [1.165, 1.54) is 0 Å². The highest BCUT2D eigenvalue weighted by Gasteiger charge is 2.22. The molecule has 206 valence electrons. The van der Waals surface area contributed by atoms with Gasteiger partial charge in [0.15, 0.2) is 11.5 Å². The van der Waals surface area contributed by atoms with E-state index in [9.17, 15) is 19.8 Å². The Morgan fingerprint density at radius 1 is 1.05 bits per heavy atom. The van der Waals surface area contributed by atoms with Crippen molar-refractivity contribution in [3.63, 3.8) is 0 Å². The molecule has 0 spiro atoms. The standard InChI is InChI=1S/C29H33N3O6S/c1-29(2,39-4)6-5-26(35)31(3)7-8-32-27-21-11-24-25(38-16-37-24)12-23(21)30-13-22(27)19-9-17(14-33)18(15-34)10-20(19)28(32)36/h9-13,33-34H,5-8,14-16H2,1-4H3. The van der Waals surface area contributed by atoms with Gasteiger partial charge in [0, 0.05) is 59.7 Å². The van der Waals surface area contributed by atoms with Crippen molar-refractivity contribution < 1.29 is 24.5 Å². The fraction of sp³-hybridized carbons (Fsp3) is 0.414. The van der Waals surface area contributed by atoms with E-state index >= 15 is 0 Å². The first-order valence-corrected chi connectivity index (χ1v) is 14.1. The maximum atomic E-state index is 14.0. The van der Waals surface area contributed by atoms with Gasteiger partial charge in [-0.15, -0.1) is 0 Å². The van der Waals surface area contributed by atoms with Crippen molar-refractivity contribution >= 4 is 50.2 Å². The van der Waals surface area contributed by atoms with Crippen molar-refractivity contribution in [2.45, 2.75) is 51.2 Å². The summed E-state index contributed by atoms with van der Waals surface area (Å²) in [5.74, 6) is 1.20. The lowest BCUT2D eigenvalue weighted by atomic mass is 9.98. The van der Waals surface area contributed by atoms with E-state index in [0.29, 0.717) is 57.4 Å². The van der Waals surface area contributed by atoms with Gasteiger partial charge in [-0.2, -0.15) is 11.8 Å². The number of amides is 1. The van der Waals surface area contributed by atoms with E-state index in [2.05, 4.69) is 18.8 Å². The number of hydrogen-bond donors (Lipinski definition) is 2. The van der Waals surface area contributed by atoms with Gasteiger partial charge in [-0.05, 0) is 47.4 Å². The van der Waals surface area contributed by atoms with E-state index < -0.39 is 0 Å². The first-order chi connectivity index (χ1) is 18.7. The number of aliphatic hydroxyl groups is 2. The lowest BCUT2D eigenvalue weighted by molar-refractivity contribution is -0.130. The van der Waals surface area contributed by atoms with Crippen LogP contribution in [-0.4, -0.2) is 62.0 Å². The number of aliphatic hydroxyl groups excluding tert-OH is 2. The summed E-state index contributed by atoms with van der Waals surface area (Å²) >= 11 is 1.74. The van der Waals surface area contributed by atoms with Gasteiger partial charge in [0.2, 0.25) is 12.7 Å². The third-order valence-electron chi connectivity index (χ3n) is 7.63. The Hall–Kier alpha value is -3.34. The van der Waals surface area contributed by atoms with Crippen LogP contribution in [0, 0.1) is 0 Å². The molecule has 2 aromatic carbocycles. The molecule has 0 bridgehead atoms. The number of benzene rings is 2. The summed E-state index contributed by atoms with van der Waals surface area (Å²) in [6.07, 6.45) is 4.95. The van der Waals surface area contributed by atoms with Crippen molar-refractivity contribution in [3.8, 4) is 11.5 Å². The van der Waals surface area contributed by atoms with Gasteiger partial charge in [0.1, 0.15) is 0 Å². The quantitative estimate of drug-likeness (QED) is 0.302. The molecule has 9 nitrogen and oxygen atoms in total. The third-order valence-corrected chi connectivity index (χ3v) is 8.94. The molecule has 2 aromatic heterocycles. The van der Waals surface area contributed by atoms with Crippen LogP contribution in [0.5, 0.6) is 11.5 Å². The van der Waals surface area contributed by atoms with Crippen LogP contribution in [0.15, 0.2) is 35.3 Å². The number of rotatable bonds is 9. The molecule has 1 amide bonds. The predicted octanol–water partition coefficient (Wildman–Crippen LogP) is 3.80. The highest BCUT2D eigenvalue weighted by atomic mass is 32.2. The summed E-state index contributed by atoms with van der Waals surface area (Å²) in [6, 6.07) is 7.03. The number of hydrogen-bond acceptors (Lipinski definition) is 8. The molecular weight excluding hydrogens is 518 g/mol. The fourth-order valence-corrected chi connectivity index (χ4v) is 5.28. The normalized spacial score (nSPS) is 13.1. The van der Waals surface area contributed by atoms with Gasteiger partial charge >= 0.3 is 0 Å². The summed E-state index contributed by atoms with van der Waals surface area (Å²) in [6.45, 7) is 4.41. The molecule has 0 atom stereocenters. The third kappa shape index (κ3) is 5.04. The SMILES string of the molecule is CSC(C)(C)CCC(=O)N(C)CCn1c(=O)c2cc(CO)c(CO)cc2c2cnc3cc4c(cc3c21)OCO4. The zero-order valence-corrected chi connectivity index (χ0v) is 23.4. The molecule has 0 saturated heterocycles. The van der Waals surface area contributed by atoms with E-state index in [1.54, 1.807) is 52.7 Å². The molecule has 5 rings (SSSR count). The Bertz CT molecular complexity index is 1650. The molecule has 2 N–H and O–H groups in total. The van der Waals surface area contributed by atoms with Crippen LogP contribution in [0.25, 0.3) is 32.6 Å². The van der Waals surface area contributed by atoms with Gasteiger partial charge in [-0.3, -0.25) is 14.6 Å². The van der Waals surface area contributed by atoms with E-state index in [1.807, 2.05) is 12.3 Å². The Kier molecular flexibility index (Phi) is 7.45. The summed E-state index contributed by atoms with van der Waals surface area (Å²) in [5, 5.41) is 22.3. The second-order valence-corrected chi connectivity index (χ2v) is 12.0. The van der Waals surface area contributed by atoms with Crippen LogP contribution < -0.4 is 15.0 Å². The van der Waals surface area contributed by atoms with E-state index in [-0.39, 0.29) is 42.8 Å². The monoisotopic (exact) mass is 551 g/mol. The maximum Gasteiger partial charge on any atom is 0.259 e. The Morgan fingerprint density at radius 2 is 1.72 bits per heavy atom. The van der Waals surface area contributed by atoms with Crippen LogP contribution in [0.4, 0.5) is 0 Å². The van der Waals surface area contributed by atoms with E-state index in [0.717, 1.165) is 17.2 Å². The van der Waals surface area contributed by atoms with Crippen molar-refractivity contribution in [3.05, 3.63) is 51.9 Å². The van der Waals surface area contributed by atoms with Gasteiger partial charge in [-0.25, -0.2) is 0 Å². The molecule has 1 aliphatic heterocycles. The minimum Gasteiger partial charge on any atom is -0.454 e. The zero-order valence-electron chi connectivity index (χ0n) is 22.6. The Morgan fingerprint density at radius 3 is 2.38 bits per heavy atom. The number of carbonyl (C=O) groups is 1. The summed E-state index contributed by atoms with van der Waals surface area (Å²) in [5.41, 5.74) is 2.12. The summed E-state index contributed by atoms with van der Waals surface area (Å²) < 4.78 is 12.8. The van der Waals surface area contributed by atoms with Crippen molar-refractivity contribution in [1.29, 1.82) is 0 Å². The Labute approximate surface area is 230 Å². The largest absolute Gasteiger partial charge is 0.454 e. The van der Waals surface area contributed by atoms with Crippen LogP contribution >= 0.6 is 11.8 Å². The molecule has 1 aliphatic rings. The topological polar surface area (TPSA) is 114 Å². The summed E-state index contributed by atoms with van der Waals surface area (Å²) in [7, 11) is 1.76. The van der Waals surface area contributed by atoms with Gasteiger partial charge in [-0.1, -0.05) is 13.8 Å². The number of aromatic nitrogens is 2. The van der Waals surface area contributed by atoms with Crippen LogP contribution in [-0.2, 0) is 24.6 Å². The van der Waals surface area contributed by atoms with Gasteiger partial charge in [0.25, 0.3) is 5.56 Å². The number of likely N-dealkylation sites (N-methyl/N-ethyl adjacent to an activating group) is 1. The molecule has 0 radical (unpaired) electrons.